The predicted octanol–water partition coefficient (Wildman–Crippen LogP) is 1.07. The molecule has 0 bridgehead atoms. The number of thiazole rings is 1. The molecule has 0 radical (unpaired) electrons. The van der Waals surface area contributed by atoms with Crippen molar-refractivity contribution in [2.45, 2.75) is 13.5 Å². The molecule has 1 saturated heterocycles. The van der Waals surface area contributed by atoms with Gasteiger partial charge in [0, 0.05) is 17.9 Å². The zero-order valence-corrected chi connectivity index (χ0v) is 14.4. The van der Waals surface area contributed by atoms with Gasteiger partial charge in [-0.2, -0.15) is 0 Å². The first kappa shape index (κ1) is 16.0. The predicted molar refractivity (Wildman–Crippen MR) is 90.8 cm³/mol. The number of hydrogen-bond acceptors (Lipinski definition) is 4. The Morgan fingerprint density at radius 1 is 1.39 bits per heavy atom. The number of nitrogens with one attached hydrogen (secondary N) is 1. The Morgan fingerprint density at radius 3 is 2.87 bits per heavy atom. The van der Waals surface area contributed by atoms with Crippen LogP contribution >= 0.6 is 11.3 Å². The molecule has 1 N–H and O–H groups in total. The maximum absolute atomic E-state index is 11.4. The van der Waals surface area contributed by atoms with E-state index in [0.29, 0.717) is 0 Å². The molecule has 23 heavy (non-hydrogen) atoms. The van der Waals surface area contributed by atoms with E-state index in [0.717, 1.165) is 54.7 Å². The number of quaternary nitrogens is 1. The number of benzene rings is 1. The largest absolute Gasteiger partial charge is 0.497 e. The maximum Gasteiger partial charge on any atom is 0.219 e. The second-order valence-electron chi connectivity index (χ2n) is 5.81. The molecule has 0 saturated carbocycles. The number of ether oxygens (including phenoxy) is 1. The van der Waals surface area contributed by atoms with Gasteiger partial charge in [0.1, 0.15) is 23.0 Å². The van der Waals surface area contributed by atoms with E-state index in [4.69, 9.17) is 9.72 Å². The van der Waals surface area contributed by atoms with Crippen molar-refractivity contribution in [1.82, 2.24) is 9.88 Å². The van der Waals surface area contributed by atoms with Gasteiger partial charge in [0.05, 0.1) is 33.3 Å². The Hall–Kier alpha value is -1.92. The van der Waals surface area contributed by atoms with Gasteiger partial charge >= 0.3 is 0 Å². The summed E-state index contributed by atoms with van der Waals surface area (Å²) in [6.45, 7) is 6.24. The molecule has 6 heteroatoms. The Labute approximate surface area is 140 Å². The molecule has 1 aliphatic heterocycles. The number of aromatic nitrogens is 1. The highest BCUT2D eigenvalue weighted by molar-refractivity contribution is 7.13. The average Bonchev–Trinajstić information content (AvgIpc) is 3.04. The number of methoxy groups -OCH3 is 1. The van der Waals surface area contributed by atoms with Crippen LogP contribution in [0.3, 0.4) is 0 Å². The third-order valence-electron chi connectivity index (χ3n) is 4.22. The topological polar surface area (TPSA) is 46.9 Å². The molecular formula is C17H22N3O2S+. The number of amides is 1. The summed E-state index contributed by atoms with van der Waals surface area (Å²) < 4.78 is 5.27. The van der Waals surface area contributed by atoms with Gasteiger partial charge in [-0.25, -0.2) is 4.98 Å². The number of nitrogens with zero attached hydrogens (tertiary/aromatic N) is 2. The number of piperazine rings is 1. The highest BCUT2D eigenvalue weighted by Gasteiger charge is 2.22. The normalized spacial score (nSPS) is 15.7. The van der Waals surface area contributed by atoms with Crippen LogP contribution < -0.4 is 9.64 Å². The smallest absolute Gasteiger partial charge is 0.219 e. The highest BCUT2D eigenvalue weighted by atomic mass is 32.1. The molecule has 1 amide bonds. The molecule has 5 nitrogen and oxygen atoms in total. The molecule has 122 valence electrons. The summed E-state index contributed by atoms with van der Waals surface area (Å²) in [5.41, 5.74) is 2.22. The summed E-state index contributed by atoms with van der Waals surface area (Å²) >= 11 is 1.67. The van der Waals surface area contributed by atoms with Gasteiger partial charge in [0.15, 0.2) is 0 Å². The number of carbonyl (C=O) groups excluding carboxylic acids is 1. The maximum atomic E-state index is 11.4. The van der Waals surface area contributed by atoms with Gasteiger partial charge in [-0.3, -0.25) is 4.79 Å². The monoisotopic (exact) mass is 332 g/mol. The van der Waals surface area contributed by atoms with Gasteiger partial charge in [-0.1, -0.05) is 12.1 Å². The minimum atomic E-state index is 0.179. The van der Waals surface area contributed by atoms with Gasteiger partial charge in [-0.15, -0.1) is 11.3 Å². The van der Waals surface area contributed by atoms with E-state index < -0.39 is 0 Å². The molecule has 0 spiro atoms. The van der Waals surface area contributed by atoms with Crippen LogP contribution in [0, 0.1) is 0 Å². The van der Waals surface area contributed by atoms with Gasteiger partial charge in [0.2, 0.25) is 5.91 Å². The van der Waals surface area contributed by atoms with Crippen LogP contribution in [-0.4, -0.2) is 49.1 Å². The van der Waals surface area contributed by atoms with E-state index >= 15 is 0 Å². The Morgan fingerprint density at radius 2 is 2.17 bits per heavy atom. The summed E-state index contributed by atoms with van der Waals surface area (Å²) in [4.78, 5) is 19.6. The summed E-state index contributed by atoms with van der Waals surface area (Å²) in [5, 5.41) is 3.17. The minimum Gasteiger partial charge on any atom is -0.497 e. The lowest BCUT2D eigenvalue weighted by atomic mass is 10.2. The van der Waals surface area contributed by atoms with Crippen LogP contribution in [0.5, 0.6) is 5.75 Å². The average molecular weight is 332 g/mol. The van der Waals surface area contributed by atoms with Crippen molar-refractivity contribution in [3.8, 4) is 16.3 Å². The van der Waals surface area contributed by atoms with E-state index in [1.54, 1.807) is 25.4 Å². The fourth-order valence-corrected chi connectivity index (χ4v) is 3.66. The summed E-state index contributed by atoms with van der Waals surface area (Å²) in [7, 11) is 1.68. The molecular weight excluding hydrogens is 310 g/mol. The van der Waals surface area contributed by atoms with Crippen molar-refractivity contribution < 1.29 is 14.4 Å². The van der Waals surface area contributed by atoms with E-state index in [-0.39, 0.29) is 5.91 Å². The van der Waals surface area contributed by atoms with Crippen molar-refractivity contribution in [1.29, 1.82) is 0 Å². The third-order valence-corrected chi connectivity index (χ3v) is 5.16. The second-order valence-corrected chi connectivity index (χ2v) is 6.67. The van der Waals surface area contributed by atoms with Crippen LogP contribution in [0.15, 0.2) is 29.6 Å². The van der Waals surface area contributed by atoms with Crippen LogP contribution in [0.2, 0.25) is 0 Å². The fourth-order valence-electron chi connectivity index (χ4n) is 2.85. The molecule has 2 heterocycles. The second kappa shape index (κ2) is 7.10. The molecule has 1 aliphatic rings. The first-order chi connectivity index (χ1) is 11.2. The first-order valence-corrected chi connectivity index (χ1v) is 8.71. The van der Waals surface area contributed by atoms with E-state index in [2.05, 4.69) is 11.4 Å². The van der Waals surface area contributed by atoms with Crippen molar-refractivity contribution in [2.24, 2.45) is 0 Å². The van der Waals surface area contributed by atoms with Crippen LogP contribution in [0.25, 0.3) is 10.6 Å². The highest BCUT2D eigenvalue weighted by Crippen LogP contribution is 2.26. The van der Waals surface area contributed by atoms with Crippen molar-refractivity contribution >= 4 is 17.2 Å². The lowest BCUT2D eigenvalue weighted by Gasteiger charge is -2.31. The zero-order valence-electron chi connectivity index (χ0n) is 13.5. The van der Waals surface area contributed by atoms with Crippen molar-refractivity contribution in [3.63, 3.8) is 0 Å². The third kappa shape index (κ3) is 3.89. The lowest BCUT2D eigenvalue weighted by molar-refractivity contribution is -0.917. The summed E-state index contributed by atoms with van der Waals surface area (Å²) in [6.07, 6.45) is 0. The molecule has 2 aromatic rings. The van der Waals surface area contributed by atoms with Gasteiger partial charge in [-0.05, 0) is 12.1 Å². The SMILES string of the molecule is COc1cccc(-c2nc(C[NH+]3CCN(C(C)=O)CC3)cs2)c1. The molecule has 1 aromatic heterocycles. The zero-order chi connectivity index (χ0) is 16.2. The Bertz CT molecular complexity index is 678. The Kier molecular flexibility index (Phi) is 4.93. The van der Waals surface area contributed by atoms with Gasteiger partial charge < -0.3 is 14.5 Å². The standard InChI is InChI=1S/C17H21N3O2S/c1-13(21)20-8-6-19(7-9-20)11-15-12-23-17(18-15)14-4-3-5-16(10-14)22-2/h3-5,10,12H,6-9,11H2,1-2H3/p+1. The van der Waals surface area contributed by atoms with Crippen LogP contribution in [-0.2, 0) is 11.3 Å². The van der Waals surface area contributed by atoms with Gasteiger partial charge in [0.25, 0.3) is 0 Å². The Balaban J connectivity index is 1.62. The molecule has 0 aliphatic carbocycles. The van der Waals surface area contributed by atoms with E-state index in [9.17, 15) is 4.79 Å². The molecule has 1 fully saturated rings. The van der Waals surface area contributed by atoms with E-state index in [1.807, 2.05) is 23.1 Å². The lowest BCUT2D eigenvalue weighted by Crippen LogP contribution is -3.13. The van der Waals surface area contributed by atoms with Crippen molar-refractivity contribution in [2.75, 3.05) is 33.3 Å². The minimum absolute atomic E-state index is 0.179. The molecule has 3 rings (SSSR count). The summed E-state index contributed by atoms with van der Waals surface area (Å²) in [6, 6.07) is 8.00. The number of hydrogen-bond donors (Lipinski definition) is 1. The van der Waals surface area contributed by atoms with E-state index in [1.165, 1.54) is 4.90 Å². The molecule has 0 atom stereocenters. The van der Waals surface area contributed by atoms with Crippen molar-refractivity contribution in [3.05, 3.63) is 35.3 Å². The first-order valence-electron chi connectivity index (χ1n) is 7.83. The van der Waals surface area contributed by atoms with Crippen LogP contribution in [0.4, 0.5) is 0 Å². The summed E-state index contributed by atoms with van der Waals surface area (Å²) in [5.74, 6) is 1.03. The molecule has 1 aromatic carbocycles. The van der Waals surface area contributed by atoms with Crippen LogP contribution in [0.1, 0.15) is 12.6 Å². The number of carbonyl (C=O) groups is 1. The quantitative estimate of drug-likeness (QED) is 0.911. The molecule has 0 unspecified atom stereocenters. The fraction of sp³-hybridized carbons (Fsp3) is 0.412. The number of rotatable bonds is 4.